The van der Waals surface area contributed by atoms with Crippen molar-refractivity contribution in [3.8, 4) is 0 Å². The van der Waals surface area contributed by atoms with Gasteiger partial charge in [0.05, 0.1) is 39.2 Å². The number of aliphatic carboxylic acids is 1. The molecule has 452 valence electrons. The van der Waals surface area contributed by atoms with E-state index in [1.807, 2.05) is 13.8 Å². The Morgan fingerprint density at radius 2 is 1.27 bits per heavy atom. The fourth-order valence-corrected chi connectivity index (χ4v) is 14.6. The maximum atomic E-state index is 16.4. The van der Waals surface area contributed by atoms with Crippen LogP contribution in [-0.4, -0.2) is 148 Å². The summed E-state index contributed by atoms with van der Waals surface area (Å²) in [6.07, 6.45) is 5.66. The van der Waals surface area contributed by atoms with E-state index in [2.05, 4.69) is 0 Å². The number of halogens is 1. The number of nitrogens with zero attached hydrogens (tertiary/aromatic N) is 3. The summed E-state index contributed by atoms with van der Waals surface area (Å²) in [6.45, 7) is 6.91. The van der Waals surface area contributed by atoms with Crippen LogP contribution >= 0.6 is 0 Å². The van der Waals surface area contributed by atoms with Gasteiger partial charge in [0, 0.05) is 77.2 Å². The molecule has 83 heavy (non-hydrogen) atoms. The number of allylic oxidation sites excluding steroid dienone is 8. The first-order valence-corrected chi connectivity index (χ1v) is 35.0. The molecule has 1 atom stereocenters. The van der Waals surface area contributed by atoms with Crippen LogP contribution in [0.5, 0.6) is 0 Å². The number of carboxylic acids is 1. The minimum atomic E-state index is -5.14. The van der Waals surface area contributed by atoms with Crippen LogP contribution in [0.3, 0.4) is 0 Å². The first-order valence-electron chi connectivity index (χ1n) is 25.7. The average molecular weight is 1270 g/mol. The van der Waals surface area contributed by atoms with Crippen molar-refractivity contribution in [3.05, 3.63) is 130 Å². The highest BCUT2D eigenvalue weighted by molar-refractivity contribution is 7.87. The molecule has 1 aliphatic carbocycles. The van der Waals surface area contributed by atoms with Gasteiger partial charge in [0.2, 0.25) is 5.69 Å². The number of hydrogen-bond acceptors (Lipinski definition) is 15. The van der Waals surface area contributed by atoms with Gasteiger partial charge in [-0.1, -0.05) is 44.2 Å². The number of benzene rings is 4. The molecule has 0 aromatic heterocycles. The lowest BCUT2D eigenvalue weighted by Gasteiger charge is -2.29. The third-order valence-corrected chi connectivity index (χ3v) is 19.8. The second-order valence-electron chi connectivity index (χ2n) is 21.5. The quantitative estimate of drug-likeness (QED) is 0.0277. The van der Waals surface area contributed by atoms with Gasteiger partial charge in [-0.25, -0.2) is 4.39 Å². The summed E-state index contributed by atoms with van der Waals surface area (Å²) < 4.78 is 222. The molecule has 2 heterocycles. The molecule has 0 saturated carbocycles. The van der Waals surface area contributed by atoms with Gasteiger partial charge in [0.1, 0.15) is 17.3 Å². The lowest BCUT2D eigenvalue weighted by Crippen LogP contribution is -2.29. The molecule has 4 aromatic rings. The molecule has 7 N–H and O–H groups in total. The number of rotatable bonds is 24. The lowest BCUT2D eigenvalue weighted by atomic mass is 9.76. The predicted octanol–water partition coefficient (Wildman–Crippen LogP) is 6.88. The molecule has 3 aliphatic rings. The third-order valence-electron chi connectivity index (χ3n) is 14.9. The smallest absolute Gasteiger partial charge is 0.307 e. The van der Waals surface area contributed by atoms with Crippen LogP contribution in [0.15, 0.2) is 118 Å². The van der Waals surface area contributed by atoms with Crippen LogP contribution in [-0.2, 0) is 76.3 Å². The Balaban J connectivity index is 1.43. The van der Waals surface area contributed by atoms with E-state index in [9.17, 15) is 87.7 Å². The number of anilines is 2. The van der Waals surface area contributed by atoms with Crippen molar-refractivity contribution in [3.63, 3.8) is 0 Å². The Morgan fingerprint density at radius 3 is 1.83 bits per heavy atom. The zero-order valence-corrected chi connectivity index (χ0v) is 50.1. The van der Waals surface area contributed by atoms with Crippen molar-refractivity contribution in [2.24, 2.45) is 5.92 Å². The Hall–Kier alpha value is -5.77. The van der Waals surface area contributed by atoms with Crippen molar-refractivity contribution in [2.75, 3.05) is 59.0 Å². The minimum Gasteiger partial charge on any atom is -0.481 e. The van der Waals surface area contributed by atoms with Gasteiger partial charge < -0.3 is 14.9 Å². The maximum Gasteiger partial charge on any atom is 0.307 e. The monoisotopic (exact) mass is 1270 g/mol. The van der Waals surface area contributed by atoms with Crippen molar-refractivity contribution in [2.45, 2.75) is 86.8 Å². The Bertz CT molecular complexity index is 4130. The molecule has 2 aliphatic heterocycles. The number of carbonyl (C=O) groups is 1. The zero-order chi connectivity index (χ0) is 61.6. The lowest BCUT2D eigenvalue weighted by molar-refractivity contribution is -0.437. The highest BCUT2D eigenvalue weighted by atomic mass is 32.2. The SMILES string of the molecule is CC1(C)C(/C=C/C2=C(c3ccccc3F)C(=C/C=C3/N(CCCS(=O)(=O)O)c4ccc(N(CCCS(=O)(=O)O)CCCS(=O)(=O)O)cc4C3(C)C)/CC(C(=O)O)C2)=[N+](CCCS(=O)(=O)O)c2ccc3c(S(=O)(=O)O)cc(S(=O)(=O)O)cc3c21. The zero-order valence-electron chi connectivity index (χ0n) is 45.2. The van der Waals surface area contributed by atoms with Gasteiger partial charge in [0.15, 0.2) is 5.71 Å². The molecule has 23 nitrogen and oxygen atoms in total. The standard InChI is InChI=1S/C53H62FN3O20S6/c1-52(2)42-31-37(55(21-7-25-78(60,61)62)22-8-26-79(63,64)65)15-17-44(42)56(23-9-27-80(66,67)68)47(52)19-13-34-29-36(51(58)59)30-35(49(34)40-11-5-6-12-43(40)54)14-20-48-53(3,4)50-41-32-38(82(72,73)74)33-46(83(75,76)77)39(41)16-18-45(50)57(48)24-10-28-81(69,70)71/h5-6,11-20,31-33,36H,7-10,21-30H2,1-4H3,(H6-,58,59,60,61,62,63,64,65,66,67,68,69,70,71,72,73,74,75,76,77)/p+1. The summed E-state index contributed by atoms with van der Waals surface area (Å²) in [5.74, 6) is -5.64. The van der Waals surface area contributed by atoms with Crippen LogP contribution in [0.2, 0.25) is 0 Å². The van der Waals surface area contributed by atoms with Crippen LogP contribution < -0.4 is 9.80 Å². The third kappa shape index (κ3) is 15.4. The van der Waals surface area contributed by atoms with Gasteiger partial charge >= 0.3 is 5.97 Å². The summed E-state index contributed by atoms with van der Waals surface area (Å²) >= 11 is 0. The molecule has 0 saturated heterocycles. The molecule has 0 radical (unpaired) electrons. The molecule has 4 aromatic carbocycles. The molecular weight excluding hydrogens is 1210 g/mol. The van der Waals surface area contributed by atoms with Crippen molar-refractivity contribution >= 4 is 106 Å². The average Bonchev–Trinajstić information content (AvgIpc) is 1.73. The second kappa shape index (κ2) is 23.9. The summed E-state index contributed by atoms with van der Waals surface area (Å²) in [5.41, 5.74) is 1.70. The number of fused-ring (bicyclic) bond motifs is 4. The second-order valence-corrected chi connectivity index (χ2v) is 30.6. The van der Waals surface area contributed by atoms with Crippen LogP contribution in [0.4, 0.5) is 21.5 Å². The van der Waals surface area contributed by atoms with E-state index in [4.69, 9.17) is 0 Å². The topological polar surface area (TPSA) is 373 Å². The molecule has 0 fully saturated rings. The molecular formula is C53H63FN3O20S6+. The predicted molar refractivity (Wildman–Crippen MR) is 309 cm³/mol. The Kier molecular flexibility index (Phi) is 18.7. The van der Waals surface area contributed by atoms with Gasteiger partial charge in [-0.05, 0) is 122 Å². The van der Waals surface area contributed by atoms with E-state index in [0.29, 0.717) is 45.7 Å². The van der Waals surface area contributed by atoms with E-state index in [0.717, 1.165) is 6.07 Å². The molecule has 0 amide bonds. The van der Waals surface area contributed by atoms with Crippen LogP contribution in [0.1, 0.15) is 82.9 Å². The molecule has 1 unspecified atom stereocenters. The summed E-state index contributed by atoms with van der Waals surface area (Å²) in [5, 5.41) is 10.6. The first kappa shape index (κ1) is 64.8. The van der Waals surface area contributed by atoms with E-state index in [1.54, 1.807) is 76.8 Å². The Labute approximate surface area is 481 Å². The maximum absolute atomic E-state index is 16.4. The fraction of sp³-hybridized carbons (Fsp3) is 0.396. The van der Waals surface area contributed by atoms with Gasteiger partial charge in [0.25, 0.3) is 60.7 Å². The normalized spacial score (nSPS) is 18.7. The van der Waals surface area contributed by atoms with Crippen molar-refractivity contribution < 1.29 is 96.7 Å². The van der Waals surface area contributed by atoms with Crippen LogP contribution in [0, 0.1) is 11.7 Å². The fourth-order valence-electron chi connectivity index (χ4n) is 11.3. The number of hydrogen-bond donors (Lipinski definition) is 7. The molecule has 7 rings (SSSR count). The van der Waals surface area contributed by atoms with Gasteiger partial charge in [-0.2, -0.15) is 55.1 Å². The van der Waals surface area contributed by atoms with E-state index < -0.39 is 122 Å². The molecule has 0 spiro atoms. The largest absolute Gasteiger partial charge is 0.481 e. The summed E-state index contributed by atoms with van der Waals surface area (Å²) in [7, 11) is -28.0. The Morgan fingerprint density at radius 1 is 0.675 bits per heavy atom. The summed E-state index contributed by atoms with van der Waals surface area (Å²) in [4.78, 5) is 14.9. The van der Waals surface area contributed by atoms with E-state index in [-0.39, 0.29) is 97.7 Å². The molecule has 30 heteroatoms. The van der Waals surface area contributed by atoms with E-state index >= 15 is 4.39 Å². The van der Waals surface area contributed by atoms with Crippen molar-refractivity contribution in [1.82, 2.24) is 0 Å². The van der Waals surface area contributed by atoms with Crippen LogP contribution in [0.25, 0.3) is 16.3 Å². The van der Waals surface area contributed by atoms with E-state index in [1.165, 1.54) is 30.3 Å². The minimum absolute atomic E-state index is 0.000187. The molecule has 0 bridgehead atoms. The van der Waals surface area contributed by atoms with Gasteiger partial charge in [-0.3, -0.25) is 32.1 Å². The first-order chi connectivity index (χ1) is 38.2. The summed E-state index contributed by atoms with van der Waals surface area (Å²) in [6, 6.07) is 15.2. The highest BCUT2D eigenvalue weighted by Gasteiger charge is 2.47. The highest BCUT2D eigenvalue weighted by Crippen LogP contribution is 2.51. The van der Waals surface area contributed by atoms with Gasteiger partial charge in [-0.15, -0.1) is 0 Å². The van der Waals surface area contributed by atoms with Crippen molar-refractivity contribution in [1.29, 1.82) is 0 Å². The number of carboxylic acid groups (broad SMARTS) is 1.